The minimum absolute atomic E-state index is 0.0758. The average molecular weight is 464 g/mol. The zero-order valence-electron chi connectivity index (χ0n) is 20.6. The van der Waals surface area contributed by atoms with Crippen LogP contribution in [-0.2, 0) is 6.54 Å². The predicted molar refractivity (Wildman–Crippen MR) is 135 cm³/mol. The Kier molecular flexibility index (Phi) is 8.01. The summed E-state index contributed by atoms with van der Waals surface area (Å²) in [5.41, 5.74) is 3.99. The third-order valence-electron chi connectivity index (χ3n) is 6.97. The zero-order chi connectivity index (χ0) is 24.1. The smallest absolute Gasteiger partial charge is 0.259 e. The second-order valence-electron chi connectivity index (χ2n) is 9.86. The van der Waals surface area contributed by atoms with Crippen molar-refractivity contribution in [1.82, 2.24) is 14.8 Å². The van der Waals surface area contributed by atoms with Crippen LogP contribution in [0.25, 0.3) is 5.57 Å². The Morgan fingerprint density at radius 1 is 1.26 bits per heavy atom. The Morgan fingerprint density at radius 2 is 2.06 bits per heavy atom. The summed E-state index contributed by atoms with van der Waals surface area (Å²) in [6.45, 7) is 5.97. The fourth-order valence-electron chi connectivity index (χ4n) is 4.86. The van der Waals surface area contributed by atoms with Crippen molar-refractivity contribution >= 4 is 11.5 Å². The molecule has 1 aliphatic heterocycles. The number of carbonyl (C=O) groups is 1. The highest BCUT2D eigenvalue weighted by molar-refractivity contribution is 5.97. The van der Waals surface area contributed by atoms with Gasteiger partial charge in [0.15, 0.2) is 0 Å². The molecule has 1 N–H and O–H groups in total. The second-order valence-corrected chi connectivity index (χ2v) is 9.86. The van der Waals surface area contributed by atoms with Crippen LogP contribution in [0, 0.1) is 5.92 Å². The van der Waals surface area contributed by atoms with Crippen molar-refractivity contribution in [2.75, 3.05) is 26.7 Å². The molecule has 1 amide bonds. The second kappa shape index (κ2) is 11.2. The number of amides is 1. The summed E-state index contributed by atoms with van der Waals surface area (Å²) >= 11 is 0. The van der Waals surface area contributed by atoms with Gasteiger partial charge in [-0.3, -0.25) is 9.69 Å². The van der Waals surface area contributed by atoms with Crippen molar-refractivity contribution in [3.63, 3.8) is 0 Å². The molecule has 3 atom stereocenters. The van der Waals surface area contributed by atoms with Crippen molar-refractivity contribution in [2.45, 2.75) is 58.2 Å². The molecule has 1 aromatic heterocycles. The van der Waals surface area contributed by atoms with Crippen molar-refractivity contribution in [3.8, 4) is 5.88 Å². The fourth-order valence-corrected chi connectivity index (χ4v) is 4.86. The van der Waals surface area contributed by atoms with Crippen LogP contribution in [0.5, 0.6) is 5.88 Å². The number of rotatable bonds is 7. The monoisotopic (exact) mass is 463 g/mol. The molecule has 0 spiro atoms. The van der Waals surface area contributed by atoms with Crippen LogP contribution < -0.4 is 4.74 Å². The first-order valence-electron chi connectivity index (χ1n) is 12.5. The molecule has 34 heavy (non-hydrogen) atoms. The van der Waals surface area contributed by atoms with Crippen molar-refractivity contribution in [1.29, 1.82) is 0 Å². The number of ether oxygens (including phenoxy) is 1. The largest absolute Gasteiger partial charge is 0.472 e. The topological polar surface area (TPSA) is 65.9 Å². The number of pyridine rings is 1. The Bertz CT molecular complexity index is 1010. The molecule has 0 unspecified atom stereocenters. The van der Waals surface area contributed by atoms with Crippen molar-refractivity contribution < 1.29 is 14.6 Å². The van der Waals surface area contributed by atoms with Gasteiger partial charge in [0.05, 0.1) is 12.6 Å². The first-order valence-corrected chi connectivity index (χ1v) is 12.5. The molecule has 6 nitrogen and oxygen atoms in total. The van der Waals surface area contributed by atoms with Crippen LogP contribution in [0.4, 0.5) is 0 Å². The summed E-state index contributed by atoms with van der Waals surface area (Å²) in [5.74, 6) is 0.349. The Hall–Kier alpha value is -2.70. The summed E-state index contributed by atoms with van der Waals surface area (Å²) in [5, 5.41) is 9.88. The number of carbonyl (C=O) groups excluding carboxylic acids is 1. The van der Waals surface area contributed by atoms with Crippen LogP contribution in [0.15, 0.2) is 48.7 Å². The molecule has 0 fully saturated rings. The Labute approximate surface area is 203 Å². The highest BCUT2D eigenvalue weighted by Crippen LogP contribution is 2.32. The van der Waals surface area contributed by atoms with Crippen molar-refractivity contribution in [3.05, 3.63) is 65.4 Å². The average Bonchev–Trinajstić information content (AvgIpc) is 2.86. The number of aromatic nitrogens is 1. The van der Waals surface area contributed by atoms with Gasteiger partial charge in [0.2, 0.25) is 5.88 Å². The molecule has 0 saturated carbocycles. The Balaban J connectivity index is 1.63. The van der Waals surface area contributed by atoms with Gasteiger partial charge >= 0.3 is 0 Å². The maximum atomic E-state index is 13.6. The van der Waals surface area contributed by atoms with E-state index in [1.54, 1.807) is 4.90 Å². The van der Waals surface area contributed by atoms with E-state index in [2.05, 4.69) is 54.2 Å². The lowest BCUT2D eigenvalue weighted by Crippen LogP contribution is -2.49. The van der Waals surface area contributed by atoms with Crippen LogP contribution in [-0.4, -0.2) is 64.7 Å². The molecule has 0 radical (unpaired) electrons. The molecule has 1 aromatic carbocycles. The van der Waals surface area contributed by atoms with Gasteiger partial charge in [0.25, 0.3) is 5.91 Å². The van der Waals surface area contributed by atoms with Gasteiger partial charge in [-0.25, -0.2) is 4.98 Å². The van der Waals surface area contributed by atoms with Gasteiger partial charge in [-0.1, -0.05) is 43.3 Å². The maximum Gasteiger partial charge on any atom is 0.259 e. The first kappa shape index (κ1) is 24.4. The summed E-state index contributed by atoms with van der Waals surface area (Å²) in [4.78, 5) is 22.3. The summed E-state index contributed by atoms with van der Waals surface area (Å²) in [7, 11) is 2.09. The molecule has 4 rings (SSSR count). The lowest BCUT2D eigenvalue weighted by Gasteiger charge is -2.37. The molecule has 2 heterocycles. The third kappa shape index (κ3) is 5.68. The van der Waals surface area contributed by atoms with E-state index in [1.807, 2.05) is 25.3 Å². The van der Waals surface area contributed by atoms with Gasteiger partial charge < -0.3 is 14.7 Å². The quantitative estimate of drug-likeness (QED) is 0.660. The number of nitrogens with zero attached hydrogens (tertiary/aromatic N) is 3. The first-order chi connectivity index (χ1) is 16.5. The molecule has 1 aliphatic carbocycles. The van der Waals surface area contributed by atoms with E-state index in [0.29, 0.717) is 24.5 Å². The van der Waals surface area contributed by atoms with Gasteiger partial charge in [0.1, 0.15) is 11.7 Å². The van der Waals surface area contributed by atoms with Gasteiger partial charge in [-0.15, -0.1) is 0 Å². The molecule has 2 aliphatic rings. The molecule has 0 bridgehead atoms. The van der Waals surface area contributed by atoms with E-state index in [-0.39, 0.29) is 30.6 Å². The lowest BCUT2D eigenvalue weighted by molar-refractivity contribution is 0.0325. The molecule has 6 heteroatoms. The third-order valence-corrected chi connectivity index (χ3v) is 6.97. The van der Waals surface area contributed by atoms with E-state index < -0.39 is 0 Å². The SMILES string of the molecule is C[C@H](CO)N1C[C@H](C)[C@@H](CN(C)Cc2ccccc2)Oc2ncc(C3=CCCCC3)cc2C1=O. The maximum absolute atomic E-state index is 13.6. The van der Waals surface area contributed by atoms with Crippen LogP contribution >= 0.6 is 0 Å². The van der Waals surface area contributed by atoms with Gasteiger partial charge in [-0.2, -0.15) is 0 Å². The molecule has 0 saturated heterocycles. The number of hydrogen-bond donors (Lipinski definition) is 1. The Morgan fingerprint density at radius 3 is 2.76 bits per heavy atom. The number of allylic oxidation sites excluding steroid dienone is 2. The van der Waals surface area contributed by atoms with Gasteiger partial charge in [0, 0.05) is 31.7 Å². The summed E-state index contributed by atoms with van der Waals surface area (Å²) in [6.07, 6.45) is 8.42. The standard InChI is InChI=1S/C28H37N3O3/c1-20-16-31(21(2)19-32)28(33)25-14-24(23-12-8-5-9-13-23)15-29-27(25)34-26(20)18-30(3)17-22-10-6-4-7-11-22/h4,6-7,10-12,14-15,20-21,26,32H,5,8-9,13,16-19H2,1-3H3/t20-,21+,26+/m0/s1. The minimum Gasteiger partial charge on any atom is -0.472 e. The molecule has 2 aromatic rings. The summed E-state index contributed by atoms with van der Waals surface area (Å²) < 4.78 is 6.45. The number of hydrogen-bond acceptors (Lipinski definition) is 5. The van der Waals surface area contributed by atoms with Crippen molar-refractivity contribution in [2.24, 2.45) is 5.92 Å². The highest BCUT2D eigenvalue weighted by Gasteiger charge is 2.34. The molecule has 182 valence electrons. The van der Waals surface area contributed by atoms with E-state index >= 15 is 0 Å². The number of aliphatic hydroxyl groups is 1. The van der Waals surface area contributed by atoms with E-state index in [0.717, 1.165) is 31.4 Å². The molecular formula is C28H37N3O3. The van der Waals surface area contributed by atoms with Gasteiger partial charge in [-0.05, 0) is 62.4 Å². The van der Waals surface area contributed by atoms with E-state index in [1.165, 1.54) is 17.6 Å². The fraction of sp³-hybridized carbons (Fsp3) is 0.500. The minimum atomic E-state index is -0.277. The van der Waals surface area contributed by atoms with Crippen LogP contribution in [0.3, 0.4) is 0 Å². The van der Waals surface area contributed by atoms with E-state index in [4.69, 9.17) is 4.74 Å². The number of aliphatic hydroxyl groups excluding tert-OH is 1. The number of fused-ring (bicyclic) bond motifs is 1. The van der Waals surface area contributed by atoms with Crippen LogP contribution in [0.1, 0.15) is 61.0 Å². The number of likely N-dealkylation sites (N-methyl/N-ethyl adjacent to an activating group) is 1. The van der Waals surface area contributed by atoms with Crippen LogP contribution in [0.2, 0.25) is 0 Å². The number of benzene rings is 1. The molecular weight excluding hydrogens is 426 g/mol. The normalized spacial score (nSPS) is 21.9. The highest BCUT2D eigenvalue weighted by atomic mass is 16.5. The van der Waals surface area contributed by atoms with E-state index in [9.17, 15) is 9.90 Å². The summed E-state index contributed by atoms with van der Waals surface area (Å²) in [6, 6.07) is 12.0. The predicted octanol–water partition coefficient (Wildman–Crippen LogP) is 4.39. The lowest BCUT2D eigenvalue weighted by atomic mass is 9.93. The zero-order valence-corrected chi connectivity index (χ0v) is 20.6.